The second kappa shape index (κ2) is 10.1. The van der Waals surface area contributed by atoms with E-state index in [1.54, 1.807) is 18.4 Å². The number of amides is 2. The summed E-state index contributed by atoms with van der Waals surface area (Å²) in [6.45, 7) is 6.28. The molecule has 0 aliphatic carbocycles. The number of carbonyl (C=O) groups excluding carboxylic acids is 2. The summed E-state index contributed by atoms with van der Waals surface area (Å²) >= 11 is 0. The van der Waals surface area contributed by atoms with E-state index in [0.717, 1.165) is 22.1 Å². The highest BCUT2D eigenvalue weighted by atomic mass is 16.5. The van der Waals surface area contributed by atoms with Crippen LogP contribution < -0.4 is 15.1 Å². The maximum Gasteiger partial charge on any atom is 0.255 e. The highest BCUT2D eigenvalue weighted by Crippen LogP contribution is 2.37. The third kappa shape index (κ3) is 5.02. The molecule has 1 aliphatic rings. The first-order valence-corrected chi connectivity index (χ1v) is 12.1. The van der Waals surface area contributed by atoms with E-state index in [1.165, 1.54) is 16.6 Å². The Morgan fingerprint density at radius 2 is 1.89 bits per heavy atom. The summed E-state index contributed by atoms with van der Waals surface area (Å²) in [5.41, 5.74) is 6.06. The normalized spacial score (nSPS) is 13.7. The molecule has 1 N–H and O–H groups in total. The number of aryl methyl sites for hydroxylation is 1. The Hall–Kier alpha value is -4.65. The molecule has 0 atom stereocenters. The number of anilines is 1. The Kier molecular flexibility index (Phi) is 6.60. The lowest BCUT2D eigenvalue weighted by molar-refractivity contribution is -0.116. The van der Waals surface area contributed by atoms with Crippen molar-refractivity contribution in [1.82, 2.24) is 5.32 Å². The van der Waals surface area contributed by atoms with Crippen LogP contribution in [-0.4, -0.2) is 24.3 Å². The summed E-state index contributed by atoms with van der Waals surface area (Å²) in [4.78, 5) is 25.3. The van der Waals surface area contributed by atoms with Crippen molar-refractivity contribution in [2.75, 3.05) is 11.6 Å². The predicted molar refractivity (Wildman–Crippen MR) is 145 cm³/mol. The third-order valence-corrected chi connectivity index (χ3v) is 6.15. The fourth-order valence-electron chi connectivity index (χ4n) is 4.32. The molecule has 2 amide bonds. The Morgan fingerprint density at radius 1 is 1.14 bits per heavy atom. The van der Waals surface area contributed by atoms with Crippen LogP contribution in [-0.2, 0) is 9.59 Å². The molecule has 0 saturated heterocycles. The maximum absolute atomic E-state index is 12.9. The molecule has 0 fully saturated rings. The Bertz CT molecular complexity index is 1530. The summed E-state index contributed by atoms with van der Waals surface area (Å²) in [7, 11) is 0. The van der Waals surface area contributed by atoms with Gasteiger partial charge in [0, 0.05) is 28.7 Å². The second-order valence-corrected chi connectivity index (χ2v) is 8.87. The van der Waals surface area contributed by atoms with E-state index >= 15 is 0 Å². The van der Waals surface area contributed by atoms with Gasteiger partial charge in [-0.2, -0.15) is 10.1 Å². The number of ether oxygens (including phenoxy) is 1. The van der Waals surface area contributed by atoms with Crippen LogP contribution >= 0.6 is 0 Å². The number of amidine groups is 1. The van der Waals surface area contributed by atoms with Gasteiger partial charge in [-0.25, -0.2) is 0 Å². The first kappa shape index (κ1) is 24.1. The maximum atomic E-state index is 12.9. The number of hydrogen-bond acceptors (Lipinski definition) is 5. The second-order valence-electron chi connectivity index (χ2n) is 8.87. The SMILES string of the molecule is CCOc1cc2occ(-c3ccc(C)cc3)c2cc1/C(C)=C/C(=O)NC1=NN(c2ccccc2)C(=O)C1. The number of allylic oxidation sites excluding steroid dienone is 1. The van der Waals surface area contributed by atoms with Crippen LogP contribution in [0.4, 0.5) is 5.69 Å². The summed E-state index contributed by atoms with van der Waals surface area (Å²) in [5, 5.41) is 9.28. The molecule has 2 heterocycles. The van der Waals surface area contributed by atoms with Crippen LogP contribution in [0.25, 0.3) is 27.7 Å². The van der Waals surface area contributed by atoms with Gasteiger partial charge in [-0.05, 0) is 50.1 Å². The number of benzene rings is 3. The van der Waals surface area contributed by atoms with Crippen molar-refractivity contribution in [1.29, 1.82) is 0 Å². The molecule has 3 aromatic carbocycles. The molecule has 7 heteroatoms. The topological polar surface area (TPSA) is 84.1 Å². The van der Waals surface area contributed by atoms with E-state index in [2.05, 4.69) is 41.6 Å². The summed E-state index contributed by atoms with van der Waals surface area (Å²) in [6, 6.07) is 21.2. The van der Waals surface area contributed by atoms with E-state index in [-0.39, 0.29) is 18.2 Å². The predicted octanol–water partition coefficient (Wildman–Crippen LogP) is 6.08. The minimum absolute atomic E-state index is 0.0264. The minimum Gasteiger partial charge on any atom is -0.493 e. The average Bonchev–Trinajstić information content (AvgIpc) is 3.47. The van der Waals surface area contributed by atoms with Gasteiger partial charge in [0.2, 0.25) is 5.91 Å². The molecule has 4 aromatic rings. The number of furan rings is 1. The molecule has 7 nitrogen and oxygen atoms in total. The van der Waals surface area contributed by atoms with Gasteiger partial charge in [-0.3, -0.25) is 9.59 Å². The van der Waals surface area contributed by atoms with E-state index < -0.39 is 0 Å². The molecular weight excluding hydrogens is 466 g/mol. The molecular formula is C30H27N3O4. The van der Waals surface area contributed by atoms with Crippen LogP contribution in [0.15, 0.2) is 88.6 Å². The van der Waals surface area contributed by atoms with Crippen molar-refractivity contribution in [3.8, 4) is 16.9 Å². The van der Waals surface area contributed by atoms with Gasteiger partial charge in [0.25, 0.3) is 5.91 Å². The van der Waals surface area contributed by atoms with Crippen LogP contribution in [0.3, 0.4) is 0 Å². The zero-order valence-electron chi connectivity index (χ0n) is 20.9. The monoisotopic (exact) mass is 493 g/mol. The van der Waals surface area contributed by atoms with Crippen molar-refractivity contribution in [2.24, 2.45) is 5.10 Å². The largest absolute Gasteiger partial charge is 0.493 e. The van der Waals surface area contributed by atoms with Crippen molar-refractivity contribution >= 4 is 39.9 Å². The third-order valence-electron chi connectivity index (χ3n) is 6.15. The lowest BCUT2D eigenvalue weighted by Crippen LogP contribution is -2.28. The number of nitrogens with zero attached hydrogens (tertiary/aromatic N) is 2. The first-order valence-electron chi connectivity index (χ1n) is 12.1. The zero-order chi connectivity index (χ0) is 25.9. The fourth-order valence-corrected chi connectivity index (χ4v) is 4.32. The number of fused-ring (bicyclic) bond motifs is 1. The zero-order valence-corrected chi connectivity index (χ0v) is 20.9. The standard InChI is InChI=1S/C30H27N3O4/c1-4-36-26-16-27-24(25(18-37-27)21-12-10-19(2)11-13-21)15-23(26)20(3)14-29(34)31-28-17-30(35)33(32-28)22-8-6-5-7-9-22/h5-16,18H,4,17H2,1-3H3,(H,31,32,34)/b20-14+. The lowest BCUT2D eigenvalue weighted by Gasteiger charge is -2.12. The molecule has 1 aliphatic heterocycles. The van der Waals surface area contributed by atoms with Gasteiger partial charge >= 0.3 is 0 Å². The quantitative estimate of drug-likeness (QED) is 0.330. The molecule has 37 heavy (non-hydrogen) atoms. The Balaban J connectivity index is 1.43. The smallest absolute Gasteiger partial charge is 0.255 e. The molecule has 0 spiro atoms. The number of para-hydroxylation sites is 1. The average molecular weight is 494 g/mol. The van der Waals surface area contributed by atoms with Gasteiger partial charge < -0.3 is 14.5 Å². The van der Waals surface area contributed by atoms with Crippen LogP contribution in [0.2, 0.25) is 0 Å². The van der Waals surface area contributed by atoms with Crippen molar-refractivity contribution in [3.05, 3.63) is 90.2 Å². The highest BCUT2D eigenvalue weighted by Gasteiger charge is 2.26. The van der Waals surface area contributed by atoms with Crippen molar-refractivity contribution in [2.45, 2.75) is 27.2 Å². The van der Waals surface area contributed by atoms with Crippen LogP contribution in [0.5, 0.6) is 5.75 Å². The van der Waals surface area contributed by atoms with Crippen molar-refractivity contribution < 1.29 is 18.7 Å². The van der Waals surface area contributed by atoms with Gasteiger partial charge in [-0.15, -0.1) is 0 Å². The molecule has 1 aromatic heterocycles. The number of hydrogen-bond donors (Lipinski definition) is 1. The first-order chi connectivity index (χ1) is 17.9. The van der Waals surface area contributed by atoms with E-state index in [4.69, 9.17) is 9.15 Å². The number of hydrazone groups is 1. The van der Waals surface area contributed by atoms with E-state index in [0.29, 0.717) is 35.0 Å². The summed E-state index contributed by atoms with van der Waals surface area (Å²) in [6.07, 6.45) is 3.26. The van der Waals surface area contributed by atoms with Crippen molar-refractivity contribution in [3.63, 3.8) is 0 Å². The number of nitrogens with one attached hydrogen (secondary N) is 1. The molecule has 0 unspecified atom stereocenters. The molecule has 0 radical (unpaired) electrons. The van der Waals surface area contributed by atoms with Gasteiger partial charge in [0.05, 0.1) is 25.0 Å². The molecule has 0 bridgehead atoms. The van der Waals surface area contributed by atoms with E-state index in [1.807, 2.05) is 44.2 Å². The van der Waals surface area contributed by atoms with Crippen LogP contribution in [0.1, 0.15) is 31.4 Å². The number of rotatable bonds is 6. The minimum atomic E-state index is -0.368. The van der Waals surface area contributed by atoms with Gasteiger partial charge in [-0.1, -0.05) is 48.0 Å². The van der Waals surface area contributed by atoms with Crippen LogP contribution in [0, 0.1) is 6.92 Å². The molecule has 186 valence electrons. The van der Waals surface area contributed by atoms with Gasteiger partial charge in [0.15, 0.2) is 0 Å². The summed E-state index contributed by atoms with van der Waals surface area (Å²) in [5.74, 6) is 0.368. The summed E-state index contributed by atoms with van der Waals surface area (Å²) < 4.78 is 11.7. The fraction of sp³-hybridized carbons (Fsp3) is 0.167. The molecule has 0 saturated carbocycles. The Morgan fingerprint density at radius 3 is 2.62 bits per heavy atom. The molecule has 5 rings (SSSR count). The Labute approximate surface area is 215 Å². The lowest BCUT2D eigenvalue weighted by atomic mass is 9.99. The van der Waals surface area contributed by atoms with Gasteiger partial charge in [0.1, 0.15) is 17.2 Å². The number of carbonyl (C=O) groups is 2. The highest BCUT2D eigenvalue weighted by molar-refractivity contribution is 6.17. The van der Waals surface area contributed by atoms with E-state index in [9.17, 15) is 9.59 Å².